The number of aromatic nitrogens is 1. The molecule has 0 fully saturated rings. The molecular formula is C15H12ClN4O2+. The zero-order valence-corrected chi connectivity index (χ0v) is 12.2. The lowest BCUT2D eigenvalue weighted by Gasteiger charge is -2.04. The molecule has 0 spiro atoms. The van der Waals surface area contributed by atoms with Gasteiger partial charge >= 0.3 is 0 Å². The molecule has 0 aliphatic carbocycles. The summed E-state index contributed by atoms with van der Waals surface area (Å²) in [5.41, 5.74) is 6.33. The number of benzene rings is 1. The highest BCUT2D eigenvalue weighted by atomic mass is 35.5. The van der Waals surface area contributed by atoms with Crippen molar-refractivity contribution in [3.63, 3.8) is 0 Å². The minimum absolute atomic E-state index is 0.0126. The van der Waals surface area contributed by atoms with Gasteiger partial charge in [-0.15, -0.1) is 0 Å². The summed E-state index contributed by atoms with van der Waals surface area (Å²) < 4.78 is 1.54. The van der Waals surface area contributed by atoms with Crippen molar-refractivity contribution in [3.05, 3.63) is 58.9 Å². The predicted octanol–water partition coefficient (Wildman–Crippen LogP) is 1.24. The number of nitrogens with zero attached hydrogens (tertiary/aromatic N) is 2. The van der Waals surface area contributed by atoms with Crippen LogP contribution in [0, 0.1) is 11.3 Å². The third-order valence-corrected chi connectivity index (χ3v) is 3.15. The fourth-order valence-electron chi connectivity index (χ4n) is 1.82. The van der Waals surface area contributed by atoms with E-state index in [1.807, 2.05) is 6.07 Å². The van der Waals surface area contributed by atoms with Gasteiger partial charge in [0, 0.05) is 11.8 Å². The van der Waals surface area contributed by atoms with Crippen molar-refractivity contribution < 1.29 is 14.2 Å². The van der Waals surface area contributed by atoms with Crippen molar-refractivity contribution >= 4 is 29.1 Å². The second-order valence-corrected chi connectivity index (χ2v) is 4.89. The summed E-state index contributed by atoms with van der Waals surface area (Å²) in [7, 11) is 0. The summed E-state index contributed by atoms with van der Waals surface area (Å²) in [6.07, 6.45) is 3.14. The molecule has 7 heteroatoms. The first-order valence-electron chi connectivity index (χ1n) is 6.28. The van der Waals surface area contributed by atoms with Crippen molar-refractivity contribution in [2.24, 2.45) is 5.73 Å². The van der Waals surface area contributed by atoms with Gasteiger partial charge in [-0.3, -0.25) is 9.59 Å². The first-order valence-corrected chi connectivity index (χ1v) is 6.66. The highest BCUT2D eigenvalue weighted by Gasteiger charge is 2.12. The Balaban J connectivity index is 2.07. The Bertz CT molecular complexity index is 783. The molecule has 2 rings (SSSR count). The maximum Gasteiger partial charge on any atom is 0.290 e. The molecule has 0 saturated heterocycles. The van der Waals surface area contributed by atoms with Crippen LogP contribution in [-0.2, 0) is 11.3 Å². The van der Waals surface area contributed by atoms with Crippen LogP contribution in [0.4, 0.5) is 5.69 Å². The number of nitriles is 1. The fraction of sp³-hybridized carbons (Fsp3) is 0.0667. The van der Waals surface area contributed by atoms with Gasteiger partial charge < -0.3 is 11.1 Å². The number of anilines is 1. The molecule has 2 aromatic rings. The van der Waals surface area contributed by atoms with E-state index in [2.05, 4.69) is 5.32 Å². The van der Waals surface area contributed by atoms with E-state index in [0.29, 0.717) is 16.8 Å². The first kappa shape index (κ1) is 15.5. The van der Waals surface area contributed by atoms with Crippen LogP contribution in [0.25, 0.3) is 0 Å². The van der Waals surface area contributed by atoms with Crippen LogP contribution in [0.15, 0.2) is 42.7 Å². The van der Waals surface area contributed by atoms with E-state index in [0.717, 1.165) is 0 Å². The van der Waals surface area contributed by atoms with Gasteiger partial charge in [0.05, 0.1) is 10.6 Å². The van der Waals surface area contributed by atoms with Crippen molar-refractivity contribution in [2.75, 3.05) is 5.32 Å². The second-order valence-electron chi connectivity index (χ2n) is 4.48. The standard InChI is InChI=1S/C15H11ClN4O2/c16-13-6-12(4-3-10(13)7-17)19-14(21)9-20-5-1-2-11(8-20)15(18)22/h1-6,8H,9H2,(H2-,18,19,21,22)/p+1. The number of nitrogens with two attached hydrogens (primary N) is 1. The molecule has 0 unspecified atom stereocenters. The smallest absolute Gasteiger partial charge is 0.290 e. The van der Waals surface area contributed by atoms with Crippen LogP contribution in [0.1, 0.15) is 15.9 Å². The van der Waals surface area contributed by atoms with E-state index in [4.69, 9.17) is 22.6 Å². The number of amides is 2. The summed E-state index contributed by atoms with van der Waals surface area (Å²) in [5, 5.41) is 11.7. The fourth-order valence-corrected chi connectivity index (χ4v) is 2.04. The van der Waals surface area contributed by atoms with Gasteiger partial charge in [0.25, 0.3) is 11.8 Å². The average molecular weight is 316 g/mol. The Labute approximate surface area is 131 Å². The highest BCUT2D eigenvalue weighted by molar-refractivity contribution is 6.32. The lowest BCUT2D eigenvalue weighted by atomic mass is 10.2. The van der Waals surface area contributed by atoms with Crippen molar-refractivity contribution in [3.8, 4) is 6.07 Å². The van der Waals surface area contributed by atoms with Gasteiger partial charge in [0.1, 0.15) is 11.6 Å². The Morgan fingerprint density at radius 1 is 1.36 bits per heavy atom. The molecule has 0 aliphatic heterocycles. The molecule has 0 bridgehead atoms. The topological polar surface area (TPSA) is 99.9 Å². The molecule has 1 heterocycles. The maximum atomic E-state index is 12.0. The van der Waals surface area contributed by atoms with Crippen molar-refractivity contribution in [2.45, 2.75) is 6.54 Å². The zero-order chi connectivity index (χ0) is 16.1. The number of hydrogen-bond acceptors (Lipinski definition) is 3. The quantitative estimate of drug-likeness (QED) is 0.830. The number of rotatable bonds is 4. The Hall–Kier alpha value is -2.91. The van der Waals surface area contributed by atoms with Gasteiger partial charge in [-0.05, 0) is 24.3 Å². The van der Waals surface area contributed by atoms with E-state index < -0.39 is 5.91 Å². The van der Waals surface area contributed by atoms with E-state index in [1.54, 1.807) is 29.0 Å². The number of primary amides is 1. The van der Waals surface area contributed by atoms with Gasteiger partial charge in [-0.1, -0.05) is 11.6 Å². The summed E-state index contributed by atoms with van der Waals surface area (Å²) in [5.74, 6) is -0.860. The molecule has 2 amide bonds. The first-order chi connectivity index (χ1) is 10.5. The third-order valence-electron chi connectivity index (χ3n) is 2.84. The van der Waals surface area contributed by atoms with Crippen molar-refractivity contribution in [1.82, 2.24) is 0 Å². The minimum atomic E-state index is -0.561. The highest BCUT2D eigenvalue weighted by Crippen LogP contribution is 2.20. The molecule has 0 saturated carbocycles. The van der Waals surface area contributed by atoms with Crippen LogP contribution in [0.3, 0.4) is 0 Å². The number of halogens is 1. The predicted molar refractivity (Wildman–Crippen MR) is 80.0 cm³/mol. The Morgan fingerprint density at radius 3 is 2.77 bits per heavy atom. The lowest BCUT2D eigenvalue weighted by Crippen LogP contribution is -2.40. The minimum Gasteiger partial charge on any atom is -0.365 e. The Kier molecular flexibility index (Phi) is 4.71. The van der Waals surface area contributed by atoms with E-state index in [-0.39, 0.29) is 17.5 Å². The third kappa shape index (κ3) is 3.81. The molecule has 3 N–H and O–H groups in total. The largest absolute Gasteiger partial charge is 0.365 e. The summed E-state index contributed by atoms with van der Waals surface area (Å²) >= 11 is 5.90. The van der Waals surface area contributed by atoms with E-state index in [1.165, 1.54) is 18.3 Å². The maximum absolute atomic E-state index is 12.0. The second kappa shape index (κ2) is 6.70. The molecule has 6 nitrogen and oxygen atoms in total. The number of hydrogen-bond donors (Lipinski definition) is 2. The molecule has 110 valence electrons. The molecular weight excluding hydrogens is 304 g/mol. The summed E-state index contributed by atoms with van der Waals surface area (Å²) in [4.78, 5) is 23.1. The van der Waals surface area contributed by atoms with Gasteiger partial charge in [0.15, 0.2) is 12.4 Å². The molecule has 0 atom stereocenters. The number of carbonyl (C=O) groups is 2. The van der Waals surface area contributed by atoms with Gasteiger partial charge in [-0.25, -0.2) is 0 Å². The summed E-state index contributed by atoms with van der Waals surface area (Å²) in [6.45, 7) is 0.0126. The summed E-state index contributed by atoms with van der Waals surface area (Å²) in [6, 6.07) is 9.76. The van der Waals surface area contributed by atoms with Crippen LogP contribution >= 0.6 is 11.6 Å². The van der Waals surface area contributed by atoms with E-state index in [9.17, 15) is 9.59 Å². The zero-order valence-electron chi connectivity index (χ0n) is 11.4. The monoisotopic (exact) mass is 315 g/mol. The van der Waals surface area contributed by atoms with Crippen LogP contribution < -0.4 is 15.6 Å². The van der Waals surface area contributed by atoms with E-state index >= 15 is 0 Å². The van der Waals surface area contributed by atoms with Gasteiger partial charge in [-0.2, -0.15) is 9.83 Å². The van der Waals surface area contributed by atoms with Gasteiger partial charge in [0.2, 0.25) is 6.54 Å². The normalized spacial score (nSPS) is 9.82. The molecule has 1 aromatic carbocycles. The molecule has 22 heavy (non-hydrogen) atoms. The van der Waals surface area contributed by atoms with Crippen LogP contribution in [-0.4, -0.2) is 11.8 Å². The average Bonchev–Trinajstić information content (AvgIpc) is 2.47. The number of pyridine rings is 1. The molecule has 0 radical (unpaired) electrons. The molecule has 0 aliphatic rings. The Morgan fingerprint density at radius 2 is 2.14 bits per heavy atom. The van der Waals surface area contributed by atoms with Crippen LogP contribution in [0.5, 0.6) is 0 Å². The number of nitrogens with one attached hydrogen (secondary N) is 1. The number of carbonyl (C=O) groups excluding carboxylic acids is 2. The SMILES string of the molecule is N#Cc1ccc(NC(=O)C[n+]2cccc(C(N)=O)c2)cc1Cl. The van der Waals surface area contributed by atoms with Crippen molar-refractivity contribution in [1.29, 1.82) is 5.26 Å². The molecule has 1 aromatic heterocycles. The van der Waals surface area contributed by atoms with Crippen LogP contribution in [0.2, 0.25) is 5.02 Å². The lowest BCUT2D eigenvalue weighted by molar-refractivity contribution is -0.684.